The normalized spacial score (nSPS) is 9.92. The van der Waals surface area contributed by atoms with Gasteiger partial charge in [-0.05, 0) is 29.7 Å². The summed E-state index contributed by atoms with van der Waals surface area (Å²) in [6, 6.07) is 1.93. The number of allylic oxidation sites excluding steroid dienone is 1. The molecule has 0 atom stereocenters. The summed E-state index contributed by atoms with van der Waals surface area (Å²) in [5.41, 5.74) is 2.76. The lowest BCUT2D eigenvalue weighted by atomic mass is 10.1. The third-order valence-electron chi connectivity index (χ3n) is 1.58. The number of nitrogens with zero attached hydrogens (tertiary/aromatic N) is 1. The van der Waals surface area contributed by atoms with E-state index in [2.05, 4.69) is 11.6 Å². The number of hydrogen-bond donors (Lipinski definition) is 0. The van der Waals surface area contributed by atoms with Crippen LogP contribution in [0.4, 0.5) is 0 Å². The minimum absolute atomic E-state index is 0.419. The molecule has 64 valence electrons. The van der Waals surface area contributed by atoms with Crippen molar-refractivity contribution >= 4 is 28.8 Å². The standard InChI is InChI=1S/C9H9Cl2N/c1-6-3-8(7(2)4-10)5-12-9(6)11/h3,5H,2,4H2,1H3. The molecule has 0 radical (unpaired) electrons. The molecule has 12 heavy (non-hydrogen) atoms. The summed E-state index contributed by atoms with van der Waals surface area (Å²) in [5, 5.41) is 0.529. The first-order valence-electron chi connectivity index (χ1n) is 3.51. The van der Waals surface area contributed by atoms with Crippen LogP contribution in [0, 0.1) is 6.92 Å². The van der Waals surface area contributed by atoms with Gasteiger partial charge in [-0.1, -0.05) is 18.2 Å². The van der Waals surface area contributed by atoms with Gasteiger partial charge >= 0.3 is 0 Å². The van der Waals surface area contributed by atoms with Crippen molar-refractivity contribution in [3.63, 3.8) is 0 Å². The molecule has 0 bridgehead atoms. The van der Waals surface area contributed by atoms with Gasteiger partial charge in [0.05, 0.1) is 0 Å². The summed E-state index contributed by atoms with van der Waals surface area (Å²) >= 11 is 11.4. The van der Waals surface area contributed by atoms with Crippen molar-refractivity contribution < 1.29 is 0 Å². The van der Waals surface area contributed by atoms with E-state index in [0.29, 0.717) is 11.0 Å². The van der Waals surface area contributed by atoms with Crippen molar-refractivity contribution in [2.24, 2.45) is 0 Å². The topological polar surface area (TPSA) is 12.9 Å². The molecular weight excluding hydrogens is 193 g/mol. The molecule has 0 N–H and O–H groups in total. The highest BCUT2D eigenvalue weighted by molar-refractivity contribution is 6.30. The highest BCUT2D eigenvalue weighted by Gasteiger charge is 2.01. The van der Waals surface area contributed by atoms with E-state index in [4.69, 9.17) is 23.2 Å². The van der Waals surface area contributed by atoms with E-state index in [1.54, 1.807) is 6.20 Å². The molecule has 0 fully saturated rings. The Kier molecular flexibility index (Phi) is 3.12. The fourth-order valence-electron chi connectivity index (χ4n) is 0.829. The van der Waals surface area contributed by atoms with Crippen LogP contribution >= 0.6 is 23.2 Å². The molecule has 0 saturated carbocycles. The van der Waals surface area contributed by atoms with E-state index in [-0.39, 0.29) is 0 Å². The molecule has 1 nitrogen and oxygen atoms in total. The molecular formula is C9H9Cl2N. The smallest absolute Gasteiger partial charge is 0.131 e. The average molecular weight is 202 g/mol. The largest absolute Gasteiger partial charge is 0.244 e. The zero-order valence-electron chi connectivity index (χ0n) is 6.77. The Morgan fingerprint density at radius 3 is 2.83 bits per heavy atom. The van der Waals surface area contributed by atoms with Gasteiger partial charge in [-0.3, -0.25) is 0 Å². The third kappa shape index (κ3) is 1.99. The van der Waals surface area contributed by atoms with Gasteiger partial charge in [-0.2, -0.15) is 0 Å². The van der Waals surface area contributed by atoms with Crippen LogP contribution in [0.3, 0.4) is 0 Å². The van der Waals surface area contributed by atoms with Crippen LogP contribution in [0.1, 0.15) is 11.1 Å². The first-order chi connectivity index (χ1) is 5.65. The van der Waals surface area contributed by atoms with Gasteiger partial charge in [0.2, 0.25) is 0 Å². The summed E-state index contributed by atoms with van der Waals surface area (Å²) in [7, 11) is 0. The maximum absolute atomic E-state index is 5.75. The molecule has 0 aliphatic rings. The maximum Gasteiger partial charge on any atom is 0.131 e. The van der Waals surface area contributed by atoms with E-state index in [1.807, 2.05) is 13.0 Å². The Bertz CT molecular complexity index is 307. The lowest BCUT2D eigenvalue weighted by Crippen LogP contribution is -1.88. The van der Waals surface area contributed by atoms with Crippen molar-refractivity contribution in [2.75, 3.05) is 5.88 Å². The molecule has 1 rings (SSSR count). The molecule has 0 aliphatic carbocycles. The van der Waals surface area contributed by atoms with Gasteiger partial charge < -0.3 is 0 Å². The molecule has 1 aromatic rings. The average Bonchev–Trinajstić information content (AvgIpc) is 2.08. The highest BCUT2D eigenvalue weighted by atomic mass is 35.5. The predicted molar refractivity (Wildman–Crippen MR) is 53.7 cm³/mol. The maximum atomic E-state index is 5.75. The molecule has 3 heteroatoms. The van der Waals surface area contributed by atoms with Crippen LogP contribution in [0.15, 0.2) is 18.8 Å². The first-order valence-corrected chi connectivity index (χ1v) is 4.42. The lowest BCUT2D eigenvalue weighted by Gasteiger charge is -2.02. The van der Waals surface area contributed by atoms with Crippen molar-refractivity contribution in [2.45, 2.75) is 6.92 Å². The van der Waals surface area contributed by atoms with Crippen molar-refractivity contribution in [3.8, 4) is 0 Å². The van der Waals surface area contributed by atoms with Crippen LogP contribution in [0.25, 0.3) is 5.57 Å². The number of halogens is 2. The Labute approximate surface area is 82.0 Å². The van der Waals surface area contributed by atoms with Crippen molar-refractivity contribution in [1.82, 2.24) is 4.98 Å². The Balaban J connectivity index is 3.05. The second kappa shape index (κ2) is 3.92. The minimum atomic E-state index is 0.419. The monoisotopic (exact) mass is 201 g/mol. The summed E-state index contributed by atoms with van der Waals surface area (Å²) in [4.78, 5) is 3.99. The third-order valence-corrected chi connectivity index (χ3v) is 2.30. The van der Waals surface area contributed by atoms with Crippen molar-refractivity contribution in [1.29, 1.82) is 0 Å². The summed E-state index contributed by atoms with van der Waals surface area (Å²) in [6.45, 7) is 5.70. The lowest BCUT2D eigenvalue weighted by molar-refractivity contribution is 1.25. The zero-order chi connectivity index (χ0) is 9.14. The predicted octanol–water partition coefficient (Wildman–Crippen LogP) is 3.30. The Morgan fingerprint density at radius 2 is 2.33 bits per heavy atom. The Morgan fingerprint density at radius 1 is 1.67 bits per heavy atom. The Hall–Kier alpha value is -0.530. The number of rotatable bonds is 2. The first kappa shape index (κ1) is 9.56. The molecule has 0 unspecified atom stereocenters. The minimum Gasteiger partial charge on any atom is -0.244 e. The van der Waals surface area contributed by atoms with E-state index in [1.165, 1.54) is 0 Å². The zero-order valence-corrected chi connectivity index (χ0v) is 8.28. The summed E-state index contributed by atoms with van der Waals surface area (Å²) in [6.07, 6.45) is 1.68. The summed E-state index contributed by atoms with van der Waals surface area (Å²) in [5.74, 6) is 0.419. The molecule has 1 aromatic heterocycles. The number of aromatic nitrogens is 1. The van der Waals surface area contributed by atoms with Crippen LogP contribution in [-0.4, -0.2) is 10.9 Å². The van der Waals surface area contributed by atoms with E-state index in [0.717, 1.165) is 16.7 Å². The van der Waals surface area contributed by atoms with Gasteiger partial charge in [0, 0.05) is 12.1 Å². The fraction of sp³-hybridized carbons (Fsp3) is 0.222. The second-order valence-corrected chi connectivity index (χ2v) is 3.19. The highest BCUT2D eigenvalue weighted by Crippen LogP contribution is 2.18. The number of hydrogen-bond acceptors (Lipinski definition) is 1. The number of alkyl halides is 1. The number of pyridine rings is 1. The number of aryl methyl sites for hydroxylation is 1. The second-order valence-electron chi connectivity index (χ2n) is 2.57. The molecule has 0 aromatic carbocycles. The molecule has 0 amide bonds. The van der Waals surface area contributed by atoms with E-state index < -0.39 is 0 Å². The van der Waals surface area contributed by atoms with Gasteiger partial charge in [0.25, 0.3) is 0 Å². The SMILES string of the molecule is C=C(CCl)c1cnc(Cl)c(C)c1. The quantitative estimate of drug-likeness (QED) is 0.529. The molecule has 1 heterocycles. The molecule has 0 aliphatic heterocycles. The van der Waals surface area contributed by atoms with Gasteiger partial charge in [0.15, 0.2) is 0 Å². The van der Waals surface area contributed by atoms with Crippen LogP contribution in [-0.2, 0) is 0 Å². The van der Waals surface area contributed by atoms with E-state index in [9.17, 15) is 0 Å². The van der Waals surface area contributed by atoms with Crippen LogP contribution in [0.5, 0.6) is 0 Å². The molecule has 0 spiro atoms. The van der Waals surface area contributed by atoms with Crippen molar-refractivity contribution in [3.05, 3.63) is 35.1 Å². The van der Waals surface area contributed by atoms with Gasteiger partial charge in [-0.15, -0.1) is 11.6 Å². The fourth-order valence-corrected chi connectivity index (χ4v) is 1.09. The molecule has 0 saturated heterocycles. The van der Waals surface area contributed by atoms with E-state index >= 15 is 0 Å². The van der Waals surface area contributed by atoms with Gasteiger partial charge in [0.1, 0.15) is 5.15 Å². The van der Waals surface area contributed by atoms with Crippen LogP contribution in [0.2, 0.25) is 5.15 Å². The summed E-state index contributed by atoms with van der Waals surface area (Å²) < 4.78 is 0. The van der Waals surface area contributed by atoms with Crippen LogP contribution < -0.4 is 0 Å². The van der Waals surface area contributed by atoms with Gasteiger partial charge in [-0.25, -0.2) is 4.98 Å².